The number of hydrogen-bond donors (Lipinski definition) is 1. The van der Waals surface area contributed by atoms with Gasteiger partial charge in [0.25, 0.3) is 0 Å². The van der Waals surface area contributed by atoms with Gasteiger partial charge in [-0.3, -0.25) is 0 Å². The Hall–Kier alpha value is -0.830. The minimum atomic E-state index is 0.205. The van der Waals surface area contributed by atoms with Gasteiger partial charge in [-0.05, 0) is 25.5 Å². The van der Waals surface area contributed by atoms with E-state index in [9.17, 15) is 5.11 Å². The Kier molecular flexibility index (Phi) is 3.48. The zero-order valence-corrected chi connectivity index (χ0v) is 8.90. The van der Waals surface area contributed by atoms with E-state index in [1.165, 1.54) is 0 Å². The van der Waals surface area contributed by atoms with Crippen LogP contribution in [0.5, 0.6) is 5.75 Å². The van der Waals surface area contributed by atoms with Crippen molar-refractivity contribution in [3.63, 3.8) is 0 Å². The molecule has 0 radical (unpaired) electrons. The molecule has 0 fully saturated rings. The topological polar surface area (TPSA) is 25.2 Å². The summed E-state index contributed by atoms with van der Waals surface area (Å²) in [6.45, 7) is 5.04. The Morgan fingerprint density at radius 3 is 2.77 bits per heavy atom. The summed E-state index contributed by atoms with van der Waals surface area (Å²) in [4.78, 5) is 0. The van der Waals surface area contributed by atoms with E-state index >= 15 is 0 Å². The summed E-state index contributed by atoms with van der Waals surface area (Å²) in [7, 11) is 0. The second-order valence-corrected chi connectivity index (χ2v) is 3.56. The number of pyridine rings is 1. The zero-order chi connectivity index (χ0) is 9.84. The van der Waals surface area contributed by atoms with Crippen LogP contribution in [0.15, 0.2) is 12.1 Å². The maximum atomic E-state index is 9.40. The Morgan fingerprint density at radius 2 is 2.15 bits per heavy atom. The van der Waals surface area contributed by atoms with Crippen LogP contribution in [-0.4, -0.2) is 9.67 Å². The first-order valence-electron chi connectivity index (χ1n) is 4.56. The summed E-state index contributed by atoms with van der Waals surface area (Å²) in [5.74, 6) is 0.205. The van der Waals surface area contributed by atoms with E-state index < -0.39 is 0 Å². The Morgan fingerprint density at radius 1 is 1.46 bits per heavy atom. The lowest BCUT2D eigenvalue weighted by Crippen LogP contribution is -2.04. The van der Waals surface area contributed by atoms with Crippen molar-refractivity contribution in [2.45, 2.75) is 33.2 Å². The minimum absolute atomic E-state index is 0.205. The van der Waals surface area contributed by atoms with Crippen molar-refractivity contribution in [2.24, 2.45) is 0 Å². The van der Waals surface area contributed by atoms with Crippen molar-refractivity contribution >= 4 is 12.2 Å². The summed E-state index contributed by atoms with van der Waals surface area (Å²) < 4.78 is 2.53. The van der Waals surface area contributed by atoms with E-state index in [0.717, 1.165) is 25.1 Å². The highest BCUT2D eigenvalue weighted by Gasteiger charge is 2.00. The van der Waals surface area contributed by atoms with Gasteiger partial charge in [0.15, 0.2) is 0 Å². The highest BCUT2D eigenvalue weighted by atomic mass is 32.1. The standard InChI is InChI=1S/C10H15NOS/c1-3-4-7-11-8(2)5-6-9(12)10(11)13/h5-6,12H,3-4,7H2,1-2H3. The molecule has 1 aromatic heterocycles. The molecule has 1 rings (SSSR count). The molecule has 0 spiro atoms. The normalized spacial score (nSPS) is 10.3. The summed E-state index contributed by atoms with van der Waals surface area (Å²) in [5.41, 5.74) is 1.11. The van der Waals surface area contributed by atoms with Gasteiger partial charge in [0.1, 0.15) is 10.4 Å². The first kappa shape index (κ1) is 10.3. The van der Waals surface area contributed by atoms with Crippen LogP contribution in [0.2, 0.25) is 0 Å². The van der Waals surface area contributed by atoms with Crippen LogP contribution in [0.3, 0.4) is 0 Å². The number of hydrogen-bond acceptors (Lipinski definition) is 2. The Labute approximate surface area is 83.8 Å². The molecule has 0 aliphatic heterocycles. The minimum Gasteiger partial charge on any atom is -0.505 e. The summed E-state index contributed by atoms with van der Waals surface area (Å²) in [5, 5.41) is 9.40. The number of nitrogens with zero attached hydrogens (tertiary/aromatic N) is 1. The second kappa shape index (κ2) is 4.42. The van der Waals surface area contributed by atoms with Crippen molar-refractivity contribution in [3.8, 4) is 5.75 Å². The lowest BCUT2D eigenvalue weighted by Gasteiger charge is -2.10. The smallest absolute Gasteiger partial charge is 0.150 e. The molecule has 0 unspecified atom stereocenters. The molecule has 1 heterocycles. The van der Waals surface area contributed by atoms with Gasteiger partial charge in [-0.15, -0.1) is 0 Å². The maximum Gasteiger partial charge on any atom is 0.150 e. The Balaban J connectivity index is 3.03. The zero-order valence-electron chi connectivity index (χ0n) is 8.08. The van der Waals surface area contributed by atoms with E-state index in [4.69, 9.17) is 12.2 Å². The fourth-order valence-electron chi connectivity index (χ4n) is 1.25. The van der Waals surface area contributed by atoms with Gasteiger partial charge in [0, 0.05) is 12.2 Å². The fourth-order valence-corrected chi connectivity index (χ4v) is 1.56. The van der Waals surface area contributed by atoms with Crippen LogP contribution < -0.4 is 0 Å². The van der Waals surface area contributed by atoms with Gasteiger partial charge >= 0.3 is 0 Å². The first-order valence-corrected chi connectivity index (χ1v) is 4.97. The van der Waals surface area contributed by atoms with E-state index in [2.05, 4.69) is 6.92 Å². The Bertz CT molecular complexity index is 343. The quantitative estimate of drug-likeness (QED) is 0.753. The SMILES string of the molecule is CCCCn1c(C)ccc(O)c1=S. The van der Waals surface area contributed by atoms with Crippen molar-refractivity contribution in [1.29, 1.82) is 0 Å². The number of aromatic nitrogens is 1. The molecule has 3 heteroatoms. The average molecular weight is 197 g/mol. The van der Waals surface area contributed by atoms with E-state index in [-0.39, 0.29) is 5.75 Å². The monoisotopic (exact) mass is 197 g/mol. The molecule has 0 aromatic carbocycles. The van der Waals surface area contributed by atoms with Gasteiger partial charge < -0.3 is 9.67 Å². The van der Waals surface area contributed by atoms with E-state index in [1.54, 1.807) is 6.07 Å². The number of unbranched alkanes of at least 4 members (excludes halogenated alkanes) is 1. The van der Waals surface area contributed by atoms with Crippen LogP contribution in [0.4, 0.5) is 0 Å². The second-order valence-electron chi connectivity index (χ2n) is 3.17. The highest BCUT2D eigenvalue weighted by Crippen LogP contribution is 2.14. The van der Waals surface area contributed by atoms with Crippen molar-refractivity contribution < 1.29 is 5.11 Å². The van der Waals surface area contributed by atoms with Gasteiger partial charge in [-0.1, -0.05) is 25.6 Å². The summed E-state index contributed by atoms with van der Waals surface area (Å²) >= 11 is 5.11. The summed E-state index contributed by atoms with van der Waals surface area (Å²) in [6, 6.07) is 3.54. The van der Waals surface area contributed by atoms with Crippen molar-refractivity contribution in [2.75, 3.05) is 0 Å². The molecule has 2 nitrogen and oxygen atoms in total. The summed E-state index contributed by atoms with van der Waals surface area (Å²) in [6.07, 6.45) is 2.23. The molecular weight excluding hydrogens is 182 g/mol. The number of rotatable bonds is 3. The van der Waals surface area contributed by atoms with Crippen LogP contribution in [-0.2, 0) is 6.54 Å². The molecule has 0 aliphatic rings. The van der Waals surface area contributed by atoms with Gasteiger partial charge in [0.05, 0.1) is 0 Å². The molecule has 0 saturated heterocycles. The van der Waals surface area contributed by atoms with Gasteiger partial charge in [-0.25, -0.2) is 0 Å². The molecule has 0 saturated carbocycles. The predicted molar refractivity (Wildman–Crippen MR) is 56.6 cm³/mol. The fraction of sp³-hybridized carbons (Fsp3) is 0.500. The van der Waals surface area contributed by atoms with Crippen LogP contribution >= 0.6 is 12.2 Å². The van der Waals surface area contributed by atoms with E-state index in [1.807, 2.05) is 17.6 Å². The van der Waals surface area contributed by atoms with Crippen LogP contribution in [0.25, 0.3) is 0 Å². The molecule has 1 N–H and O–H groups in total. The molecular formula is C10H15NOS. The van der Waals surface area contributed by atoms with Crippen molar-refractivity contribution in [1.82, 2.24) is 4.57 Å². The largest absolute Gasteiger partial charge is 0.505 e. The van der Waals surface area contributed by atoms with E-state index in [0.29, 0.717) is 4.64 Å². The highest BCUT2D eigenvalue weighted by molar-refractivity contribution is 7.71. The van der Waals surface area contributed by atoms with Crippen molar-refractivity contribution in [3.05, 3.63) is 22.5 Å². The molecule has 1 aromatic rings. The number of aryl methyl sites for hydroxylation is 1. The molecule has 0 bridgehead atoms. The third kappa shape index (κ3) is 2.31. The average Bonchev–Trinajstić information content (AvgIpc) is 2.12. The molecule has 0 atom stereocenters. The molecule has 13 heavy (non-hydrogen) atoms. The molecule has 0 amide bonds. The maximum absolute atomic E-state index is 9.40. The number of aromatic hydroxyl groups is 1. The van der Waals surface area contributed by atoms with Crippen LogP contribution in [0, 0.1) is 11.6 Å². The van der Waals surface area contributed by atoms with Gasteiger partial charge in [0.2, 0.25) is 0 Å². The third-order valence-electron chi connectivity index (χ3n) is 2.11. The molecule has 72 valence electrons. The molecule has 0 aliphatic carbocycles. The lowest BCUT2D eigenvalue weighted by molar-refractivity contribution is 0.458. The van der Waals surface area contributed by atoms with Crippen LogP contribution in [0.1, 0.15) is 25.5 Å². The van der Waals surface area contributed by atoms with Gasteiger partial charge in [-0.2, -0.15) is 0 Å². The predicted octanol–water partition coefficient (Wildman–Crippen LogP) is 3.03. The lowest BCUT2D eigenvalue weighted by atomic mass is 10.3. The third-order valence-corrected chi connectivity index (χ3v) is 2.54. The first-order chi connectivity index (χ1) is 6.16.